The topological polar surface area (TPSA) is 41.6 Å². The van der Waals surface area contributed by atoms with Crippen molar-refractivity contribution in [3.05, 3.63) is 0 Å². The van der Waals surface area contributed by atoms with Crippen LogP contribution in [0, 0.1) is 11.3 Å². The summed E-state index contributed by atoms with van der Waals surface area (Å²) in [4.78, 5) is 14.3. The molecular weight excluding hydrogens is 288 g/mol. The van der Waals surface area contributed by atoms with E-state index in [9.17, 15) is 4.79 Å². The molecule has 3 atom stereocenters. The molecule has 1 saturated heterocycles. The van der Waals surface area contributed by atoms with Crippen LogP contribution in [0.3, 0.4) is 0 Å². The largest absolute Gasteiger partial charge is 0.378 e. The number of carbonyl (C=O) groups is 1. The van der Waals surface area contributed by atoms with Gasteiger partial charge in [0.25, 0.3) is 0 Å². The summed E-state index contributed by atoms with van der Waals surface area (Å²) in [5.74, 6) is 0.971. The fraction of sp³-hybridized carbons (Fsp3) is 0.938. The molecule has 21 heavy (non-hydrogen) atoms. The van der Waals surface area contributed by atoms with Crippen LogP contribution in [0.25, 0.3) is 0 Å². The molecule has 1 saturated carbocycles. The monoisotopic (exact) mass is 318 g/mol. The Kier molecular flexibility index (Phi) is 6.10. The number of carbonyl (C=O) groups excluding carboxylic acids is 1. The number of hydrogen-bond acceptors (Lipinski definition) is 3. The zero-order valence-electron chi connectivity index (χ0n) is 14.1. The van der Waals surface area contributed by atoms with Crippen LogP contribution in [0.5, 0.6) is 0 Å². The summed E-state index contributed by atoms with van der Waals surface area (Å²) in [5.41, 5.74) is -0.0946. The lowest BCUT2D eigenvalue weighted by atomic mass is 9.55. The molecule has 1 N–H and O–H groups in total. The molecule has 0 bridgehead atoms. The second-order valence-corrected chi connectivity index (χ2v) is 7.28. The number of halogens is 1. The molecule has 0 spiro atoms. The SMILES string of the molecule is COC1(C)CC(N(C)C(=O)CCC2CCNC2)C1(C)C.Cl. The van der Waals surface area contributed by atoms with Gasteiger partial charge in [0.2, 0.25) is 5.91 Å². The molecule has 0 radical (unpaired) electrons. The first-order valence-electron chi connectivity index (χ1n) is 7.83. The van der Waals surface area contributed by atoms with Crippen molar-refractivity contribution >= 4 is 18.3 Å². The summed E-state index contributed by atoms with van der Waals surface area (Å²) in [6, 6.07) is 0.293. The van der Waals surface area contributed by atoms with E-state index in [0.29, 0.717) is 18.4 Å². The van der Waals surface area contributed by atoms with Gasteiger partial charge in [-0.05, 0) is 45.2 Å². The van der Waals surface area contributed by atoms with Crippen molar-refractivity contribution in [3.63, 3.8) is 0 Å². The van der Waals surface area contributed by atoms with E-state index in [1.807, 2.05) is 11.9 Å². The third kappa shape index (κ3) is 3.38. The van der Waals surface area contributed by atoms with Gasteiger partial charge in [0, 0.05) is 32.0 Å². The summed E-state index contributed by atoms with van der Waals surface area (Å²) >= 11 is 0. The molecule has 1 amide bonds. The molecule has 0 aromatic carbocycles. The van der Waals surface area contributed by atoms with Crippen LogP contribution < -0.4 is 5.32 Å². The Balaban J connectivity index is 0.00000220. The molecule has 1 aliphatic carbocycles. The molecular formula is C16H31ClN2O2. The Morgan fingerprint density at radius 2 is 2.05 bits per heavy atom. The lowest BCUT2D eigenvalue weighted by Gasteiger charge is -2.61. The first-order valence-corrected chi connectivity index (χ1v) is 7.83. The van der Waals surface area contributed by atoms with Crippen LogP contribution in [0.15, 0.2) is 0 Å². The van der Waals surface area contributed by atoms with E-state index in [1.54, 1.807) is 7.11 Å². The van der Waals surface area contributed by atoms with Gasteiger partial charge in [-0.15, -0.1) is 12.4 Å². The zero-order chi connectivity index (χ0) is 15.0. The van der Waals surface area contributed by atoms with Gasteiger partial charge in [0.1, 0.15) is 0 Å². The lowest BCUT2D eigenvalue weighted by Crippen LogP contribution is -2.68. The fourth-order valence-corrected chi connectivity index (χ4v) is 3.71. The summed E-state index contributed by atoms with van der Waals surface area (Å²) < 4.78 is 5.64. The van der Waals surface area contributed by atoms with E-state index in [0.717, 1.165) is 25.9 Å². The standard InChI is InChI=1S/C16H30N2O2.ClH/c1-15(2)13(10-16(15,3)20-5)18(4)14(19)7-6-12-8-9-17-11-12;/h12-13,17H,6-11H2,1-5H3;1H. The van der Waals surface area contributed by atoms with Crippen molar-refractivity contribution in [2.24, 2.45) is 11.3 Å². The predicted octanol–water partition coefficient (Wildman–Crippen LogP) is 2.46. The van der Waals surface area contributed by atoms with Crippen molar-refractivity contribution in [2.75, 3.05) is 27.2 Å². The van der Waals surface area contributed by atoms with Gasteiger partial charge in [-0.2, -0.15) is 0 Å². The number of hydrogen-bond donors (Lipinski definition) is 1. The average Bonchev–Trinajstić information content (AvgIpc) is 2.94. The van der Waals surface area contributed by atoms with Gasteiger partial charge in [0.15, 0.2) is 0 Å². The molecule has 0 aromatic heterocycles. The van der Waals surface area contributed by atoms with Crippen LogP contribution >= 0.6 is 12.4 Å². The van der Waals surface area contributed by atoms with Crippen LogP contribution in [-0.4, -0.2) is 49.7 Å². The maximum absolute atomic E-state index is 12.4. The van der Waals surface area contributed by atoms with Gasteiger partial charge >= 0.3 is 0 Å². The predicted molar refractivity (Wildman–Crippen MR) is 87.8 cm³/mol. The molecule has 124 valence electrons. The van der Waals surface area contributed by atoms with Gasteiger partial charge in [-0.1, -0.05) is 13.8 Å². The number of amides is 1. The Labute approximate surface area is 135 Å². The van der Waals surface area contributed by atoms with E-state index < -0.39 is 0 Å². The quantitative estimate of drug-likeness (QED) is 0.846. The third-order valence-corrected chi connectivity index (χ3v) is 6.02. The molecule has 0 aromatic rings. The highest BCUT2D eigenvalue weighted by Gasteiger charge is 2.59. The first kappa shape index (κ1) is 18.7. The molecule has 3 unspecified atom stereocenters. The van der Waals surface area contributed by atoms with Gasteiger partial charge in [0.05, 0.1) is 5.60 Å². The zero-order valence-corrected chi connectivity index (χ0v) is 14.9. The normalized spacial score (nSPS) is 34.0. The third-order valence-electron chi connectivity index (χ3n) is 6.02. The molecule has 1 heterocycles. The molecule has 1 aliphatic heterocycles. The Morgan fingerprint density at radius 1 is 1.38 bits per heavy atom. The summed E-state index contributed by atoms with van der Waals surface area (Å²) in [5, 5.41) is 3.36. The van der Waals surface area contributed by atoms with E-state index in [-0.39, 0.29) is 29.3 Å². The number of ether oxygens (including phenoxy) is 1. The number of nitrogens with one attached hydrogen (secondary N) is 1. The second-order valence-electron chi connectivity index (χ2n) is 7.28. The molecule has 2 rings (SSSR count). The van der Waals surface area contributed by atoms with Crippen LogP contribution in [0.2, 0.25) is 0 Å². The summed E-state index contributed by atoms with van der Waals surface area (Å²) in [7, 11) is 3.73. The number of methoxy groups -OCH3 is 1. The number of rotatable bonds is 5. The molecule has 5 heteroatoms. The summed E-state index contributed by atoms with van der Waals surface area (Å²) in [6.07, 6.45) is 3.85. The maximum Gasteiger partial charge on any atom is 0.222 e. The van der Waals surface area contributed by atoms with E-state index in [4.69, 9.17) is 4.74 Å². The Hall–Kier alpha value is -0.320. The Bertz CT molecular complexity index is 369. The minimum absolute atomic E-state index is 0. The number of nitrogens with zero attached hydrogens (tertiary/aromatic N) is 1. The fourth-order valence-electron chi connectivity index (χ4n) is 3.71. The first-order chi connectivity index (χ1) is 9.32. The van der Waals surface area contributed by atoms with Gasteiger partial charge in [-0.25, -0.2) is 0 Å². The van der Waals surface area contributed by atoms with Crippen LogP contribution in [-0.2, 0) is 9.53 Å². The van der Waals surface area contributed by atoms with Crippen LogP contribution in [0.4, 0.5) is 0 Å². The van der Waals surface area contributed by atoms with E-state index >= 15 is 0 Å². The highest BCUT2D eigenvalue weighted by molar-refractivity contribution is 5.85. The highest BCUT2D eigenvalue weighted by Crippen LogP contribution is 2.53. The highest BCUT2D eigenvalue weighted by atomic mass is 35.5. The lowest BCUT2D eigenvalue weighted by molar-refractivity contribution is -0.207. The van der Waals surface area contributed by atoms with Crippen molar-refractivity contribution in [1.82, 2.24) is 10.2 Å². The maximum atomic E-state index is 12.4. The van der Waals surface area contributed by atoms with Gasteiger partial charge in [-0.3, -0.25) is 4.79 Å². The minimum atomic E-state index is -0.110. The molecule has 4 nitrogen and oxygen atoms in total. The molecule has 2 fully saturated rings. The van der Waals surface area contributed by atoms with E-state index in [1.165, 1.54) is 6.42 Å². The molecule has 2 aliphatic rings. The van der Waals surface area contributed by atoms with Gasteiger partial charge < -0.3 is 15.0 Å². The average molecular weight is 319 g/mol. The van der Waals surface area contributed by atoms with Crippen molar-refractivity contribution in [2.45, 2.75) is 58.1 Å². The minimum Gasteiger partial charge on any atom is -0.378 e. The smallest absolute Gasteiger partial charge is 0.222 e. The van der Waals surface area contributed by atoms with Crippen molar-refractivity contribution < 1.29 is 9.53 Å². The summed E-state index contributed by atoms with van der Waals surface area (Å²) in [6.45, 7) is 8.74. The Morgan fingerprint density at radius 3 is 2.52 bits per heavy atom. The van der Waals surface area contributed by atoms with E-state index in [2.05, 4.69) is 26.1 Å². The second kappa shape index (κ2) is 6.84. The van der Waals surface area contributed by atoms with Crippen LogP contribution in [0.1, 0.15) is 46.5 Å². The van der Waals surface area contributed by atoms with Crippen molar-refractivity contribution in [3.8, 4) is 0 Å². The van der Waals surface area contributed by atoms with Crippen molar-refractivity contribution in [1.29, 1.82) is 0 Å².